The Hall–Kier alpha value is -2.18. The molecule has 0 saturated carbocycles. The molecule has 0 fully saturated rings. The van der Waals surface area contributed by atoms with E-state index in [1.165, 1.54) is 12.1 Å². The van der Waals surface area contributed by atoms with Gasteiger partial charge in [0.05, 0.1) is 17.8 Å². The predicted octanol–water partition coefficient (Wildman–Crippen LogP) is 2.38. The first-order valence-corrected chi connectivity index (χ1v) is 4.20. The van der Waals surface area contributed by atoms with Crippen molar-refractivity contribution in [2.45, 2.75) is 6.92 Å². The Morgan fingerprint density at radius 3 is 3.00 bits per heavy atom. The average molecular weight is 204 g/mol. The predicted molar refractivity (Wildman–Crippen MR) is 56.4 cm³/mol. The fourth-order valence-corrected chi connectivity index (χ4v) is 1.06. The number of halogens is 1. The summed E-state index contributed by atoms with van der Waals surface area (Å²) in [6, 6.07) is 2.60. The summed E-state index contributed by atoms with van der Waals surface area (Å²) in [7, 11) is 0. The van der Waals surface area contributed by atoms with Crippen LogP contribution in [0.25, 0.3) is 10.4 Å². The second-order valence-electron chi connectivity index (χ2n) is 2.87. The molecular weight excluding hydrogens is 195 g/mol. The van der Waals surface area contributed by atoms with E-state index in [0.717, 1.165) is 0 Å². The van der Waals surface area contributed by atoms with E-state index in [9.17, 15) is 4.39 Å². The van der Waals surface area contributed by atoms with Crippen molar-refractivity contribution in [1.29, 1.82) is 0 Å². The number of nitrogens with zero attached hydrogens (tertiary/aromatic N) is 3. The second kappa shape index (κ2) is 4.89. The molecular formula is C10H9FN4. The van der Waals surface area contributed by atoms with Crippen LogP contribution in [0, 0.1) is 24.6 Å². The molecule has 0 bridgehead atoms. The van der Waals surface area contributed by atoms with Crippen molar-refractivity contribution in [1.82, 2.24) is 0 Å². The van der Waals surface area contributed by atoms with Gasteiger partial charge in [0.25, 0.3) is 0 Å². The van der Waals surface area contributed by atoms with E-state index in [0.29, 0.717) is 16.8 Å². The minimum atomic E-state index is -0.380. The Morgan fingerprint density at radius 1 is 1.60 bits per heavy atom. The molecule has 15 heavy (non-hydrogen) atoms. The van der Waals surface area contributed by atoms with Gasteiger partial charge in [-0.1, -0.05) is 17.0 Å². The summed E-state index contributed by atoms with van der Waals surface area (Å²) in [4.78, 5) is 2.54. The maximum Gasteiger partial charge on any atom is 0.124 e. The molecule has 0 radical (unpaired) electrons. The lowest BCUT2D eigenvalue weighted by Crippen LogP contribution is -1.95. The maximum atomic E-state index is 13.0. The van der Waals surface area contributed by atoms with E-state index in [-0.39, 0.29) is 12.4 Å². The van der Waals surface area contributed by atoms with Gasteiger partial charge in [-0.25, -0.2) is 4.39 Å². The van der Waals surface area contributed by atoms with Gasteiger partial charge in [0, 0.05) is 4.91 Å². The van der Waals surface area contributed by atoms with Crippen molar-refractivity contribution < 1.29 is 4.39 Å². The lowest BCUT2D eigenvalue weighted by Gasteiger charge is -2.02. The number of nitrogen functional groups attached to an aromatic ring is 1. The molecule has 0 amide bonds. The highest BCUT2D eigenvalue weighted by Crippen LogP contribution is 2.17. The molecule has 1 aromatic rings. The van der Waals surface area contributed by atoms with Crippen LogP contribution in [0.1, 0.15) is 11.1 Å². The van der Waals surface area contributed by atoms with Gasteiger partial charge in [0.1, 0.15) is 5.82 Å². The Balaban J connectivity index is 3.02. The van der Waals surface area contributed by atoms with Crippen LogP contribution < -0.4 is 5.73 Å². The molecule has 2 N–H and O–H groups in total. The molecule has 1 rings (SSSR count). The normalized spacial score (nSPS) is 8.67. The molecule has 0 aliphatic carbocycles. The van der Waals surface area contributed by atoms with E-state index in [2.05, 4.69) is 21.9 Å². The Labute approximate surface area is 86.5 Å². The number of hydrogen-bond donors (Lipinski definition) is 1. The first-order valence-electron chi connectivity index (χ1n) is 4.20. The van der Waals surface area contributed by atoms with Crippen molar-refractivity contribution >= 4 is 5.69 Å². The lowest BCUT2D eigenvalue weighted by molar-refractivity contribution is 0.626. The van der Waals surface area contributed by atoms with Crippen LogP contribution in [-0.2, 0) is 0 Å². The third-order valence-electron chi connectivity index (χ3n) is 1.79. The van der Waals surface area contributed by atoms with E-state index in [1.807, 2.05) is 0 Å². The molecule has 0 aliphatic heterocycles. The number of hydrogen-bond acceptors (Lipinski definition) is 2. The fraction of sp³-hybridized carbons (Fsp3) is 0.200. The molecule has 1 aromatic carbocycles. The monoisotopic (exact) mass is 204 g/mol. The molecule has 0 atom stereocenters. The third kappa shape index (κ3) is 2.90. The zero-order valence-corrected chi connectivity index (χ0v) is 8.16. The smallest absolute Gasteiger partial charge is 0.124 e. The highest BCUT2D eigenvalue weighted by Gasteiger charge is 2.02. The number of nitrogens with two attached hydrogens (primary N) is 1. The van der Waals surface area contributed by atoms with Crippen LogP contribution in [0.15, 0.2) is 17.2 Å². The topological polar surface area (TPSA) is 74.8 Å². The Kier molecular flexibility index (Phi) is 3.55. The van der Waals surface area contributed by atoms with E-state index in [1.54, 1.807) is 6.92 Å². The van der Waals surface area contributed by atoms with Gasteiger partial charge < -0.3 is 5.73 Å². The minimum absolute atomic E-state index is 0.0471. The molecule has 76 valence electrons. The molecule has 0 aromatic heterocycles. The number of aryl methyl sites for hydroxylation is 1. The summed E-state index contributed by atoms with van der Waals surface area (Å²) in [5, 5.41) is 3.23. The highest BCUT2D eigenvalue weighted by molar-refractivity contribution is 5.60. The van der Waals surface area contributed by atoms with Crippen molar-refractivity contribution in [3.63, 3.8) is 0 Å². The van der Waals surface area contributed by atoms with Crippen LogP contribution >= 0.6 is 0 Å². The van der Waals surface area contributed by atoms with Crippen LogP contribution in [0.3, 0.4) is 0 Å². The van der Waals surface area contributed by atoms with Crippen LogP contribution in [0.4, 0.5) is 10.1 Å². The summed E-state index contributed by atoms with van der Waals surface area (Å²) < 4.78 is 13.0. The summed E-state index contributed by atoms with van der Waals surface area (Å²) in [5.74, 6) is 4.85. The SMILES string of the molecule is Cc1cc(F)cc(C#CCN=[N+]=[N-])c1N. The molecule has 5 heteroatoms. The van der Waals surface area contributed by atoms with Crippen molar-refractivity contribution in [3.8, 4) is 11.8 Å². The lowest BCUT2D eigenvalue weighted by atomic mass is 10.1. The van der Waals surface area contributed by atoms with Gasteiger partial charge in [-0.2, -0.15) is 0 Å². The zero-order valence-electron chi connectivity index (χ0n) is 8.16. The highest BCUT2D eigenvalue weighted by atomic mass is 19.1. The van der Waals surface area contributed by atoms with Crippen molar-refractivity contribution in [2.75, 3.05) is 12.3 Å². The zero-order chi connectivity index (χ0) is 11.3. The number of azide groups is 1. The van der Waals surface area contributed by atoms with E-state index in [4.69, 9.17) is 11.3 Å². The molecule has 0 unspecified atom stereocenters. The molecule has 4 nitrogen and oxygen atoms in total. The van der Waals surface area contributed by atoms with E-state index < -0.39 is 0 Å². The quantitative estimate of drug-likeness (QED) is 0.246. The van der Waals surface area contributed by atoms with Gasteiger partial charge >= 0.3 is 0 Å². The summed E-state index contributed by atoms with van der Waals surface area (Å²) in [6.45, 7) is 1.75. The fourth-order valence-electron chi connectivity index (χ4n) is 1.06. The molecule has 0 saturated heterocycles. The van der Waals surface area contributed by atoms with Crippen LogP contribution in [0.5, 0.6) is 0 Å². The summed E-state index contributed by atoms with van der Waals surface area (Å²) in [5.41, 5.74) is 15.2. The first-order chi connectivity index (χ1) is 7.15. The Bertz CT molecular complexity index is 478. The molecule has 0 aliphatic rings. The van der Waals surface area contributed by atoms with Gasteiger partial charge in [-0.15, -0.1) is 0 Å². The van der Waals surface area contributed by atoms with Gasteiger partial charge in [-0.05, 0) is 30.2 Å². The largest absolute Gasteiger partial charge is 0.397 e. The summed E-state index contributed by atoms with van der Waals surface area (Å²) >= 11 is 0. The maximum absolute atomic E-state index is 13.0. The minimum Gasteiger partial charge on any atom is -0.397 e. The van der Waals surface area contributed by atoms with Gasteiger partial charge in [-0.3, -0.25) is 0 Å². The standard InChI is InChI=1S/C10H9FN4/c1-7-5-9(11)6-8(10(7)12)3-2-4-14-15-13/h5-6H,4,12H2,1H3. The molecule has 0 heterocycles. The Morgan fingerprint density at radius 2 is 2.33 bits per heavy atom. The van der Waals surface area contributed by atoms with Gasteiger partial charge in [0.15, 0.2) is 0 Å². The summed E-state index contributed by atoms with van der Waals surface area (Å²) in [6.07, 6.45) is 0. The number of rotatable bonds is 1. The second-order valence-corrected chi connectivity index (χ2v) is 2.87. The third-order valence-corrected chi connectivity index (χ3v) is 1.79. The number of benzene rings is 1. The van der Waals surface area contributed by atoms with Crippen LogP contribution in [-0.4, -0.2) is 6.54 Å². The first kappa shape index (κ1) is 10.9. The average Bonchev–Trinajstić information content (AvgIpc) is 2.19. The number of anilines is 1. The van der Waals surface area contributed by atoms with Crippen molar-refractivity contribution in [2.24, 2.45) is 5.11 Å². The van der Waals surface area contributed by atoms with Gasteiger partial charge in [0.2, 0.25) is 0 Å². The van der Waals surface area contributed by atoms with Crippen molar-refractivity contribution in [3.05, 3.63) is 39.5 Å². The molecule has 0 spiro atoms. The van der Waals surface area contributed by atoms with E-state index >= 15 is 0 Å². The van der Waals surface area contributed by atoms with Crippen LogP contribution in [0.2, 0.25) is 0 Å².